The van der Waals surface area contributed by atoms with E-state index in [1.807, 2.05) is 0 Å². The lowest BCUT2D eigenvalue weighted by Crippen LogP contribution is -1.97. The molecule has 1 N–H and O–H groups in total. The highest BCUT2D eigenvalue weighted by Gasteiger charge is 2.08. The quantitative estimate of drug-likeness (QED) is 0.848. The molecular formula is C10H6BrNO2. The fourth-order valence-corrected chi connectivity index (χ4v) is 1.64. The van der Waals surface area contributed by atoms with E-state index in [2.05, 4.69) is 20.9 Å². The molecule has 0 fully saturated rings. The summed E-state index contributed by atoms with van der Waals surface area (Å²) in [6.07, 6.45) is 1.65. The molecular weight excluding hydrogens is 246 g/mol. The zero-order chi connectivity index (χ0) is 10.1. The minimum absolute atomic E-state index is 0.274. The number of carboxylic acid groups (broad SMARTS) is 1. The van der Waals surface area contributed by atoms with Crippen molar-refractivity contribution in [1.82, 2.24) is 4.98 Å². The van der Waals surface area contributed by atoms with Gasteiger partial charge in [-0.25, -0.2) is 4.79 Å². The first kappa shape index (κ1) is 9.15. The number of pyridine rings is 1. The molecule has 0 bridgehead atoms. The SMILES string of the molecule is O=C(O)c1cccc2ncc(Br)cc12. The molecule has 70 valence electrons. The number of halogens is 1. The molecule has 0 radical (unpaired) electrons. The third-order valence-corrected chi connectivity index (χ3v) is 2.36. The summed E-state index contributed by atoms with van der Waals surface area (Å²) < 4.78 is 0.777. The van der Waals surface area contributed by atoms with Crippen molar-refractivity contribution in [2.24, 2.45) is 0 Å². The third-order valence-electron chi connectivity index (χ3n) is 1.92. The number of aromatic carboxylic acids is 1. The molecule has 0 amide bonds. The standard InChI is InChI=1S/C10H6BrNO2/c11-6-4-8-7(10(13)14)2-1-3-9(8)12-5-6/h1-5H,(H,13,14). The molecule has 0 spiro atoms. The van der Waals surface area contributed by atoms with Gasteiger partial charge in [-0.3, -0.25) is 4.98 Å². The fraction of sp³-hybridized carbons (Fsp3) is 0. The van der Waals surface area contributed by atoms with E-state index in [1.54, 1.807) is 30.5 Å². The van der Waals surface area contributed by atoms with E-state index >= 15 is 0 Å². The first-order valence-electron chi connectivity index (χ1n) is 3.96. The van der Waals surface area contributed by atoms with Gasteiger partial charge in [0.05, 0.1) is 11.1 Å². The maximum Gasteiger partial charge on any atom is 0.336 e. The normalized spacial score (nSPS) is 10.4. The van der Waals surface area contributed by atoms with E-state index < -0.39 is 5.97 Å². The molecule has 0 aliphatic carbocycles. The Bertz CT molecular complexity index is 510. The molecule has 2 aromatic rings. The molecule has 0 aliphatic rings. The summed E-state index contributed by atoms with van der Waals surface area (Å²) in [6.45, 7) is 0. The Hall–Kier alpha value is -1.42. The lowest BCUT2D eigenvalue weighted by atomic mass is 10.1. The van der Waals surface area contributed by atoms with Crippen LogP contribution >= 0.6 is 15.9 Å². The molecule has 0 unspecified atom stereocenters. The van der Waals surface area contributed by atoms with Gasteiger partial charge in [-0.2, -0.15) is 0 Å². The molecule has 2 rings (SSSR count). The molecule has 0 aliphatic heterocycles. The van der Waals surface area contributed by atoms with Crippen LogP contribution in [0.3, 0.4) is 0 Å². The first-order chi connectivity index (χ1) is 6.68. The van der Waals surface area contributed by atoms with Crippen molar-refractivity contribution >= 4 is 32.8 Å². The number of benzene rings is 1. The molecule has 0 atom stereocenters. The minimum Gasteiger partial charge on any atom is -0.478 e. The Kier molecular flexibility index (Phi) is 2.21. The number of nitrogens with zero attached hydrogens (tertiary/aromatic N) is 1. The number of hydrogen-bond donors (Lipinski definition) is 1. The van der Waals surface area contributed by atoms with Gasteiger partial charge in [-0.05, 0) is 34.1 Å². The largest absolute Gasteiger partial charge is 0.478 e. The molecule has 0 saturated heterocycles. The van der Waals surface area contributed by atoms with Crippen LogP contribution in [-0.2, 0) is 0 Å². The summed E-state index contributed by atoms with van der Waals surface area (Å²) in [4.78, 5) is 15.0. The van der Waals surface area contributed by atoms with Gasteiger partial charge in [0.1, 0.15) is 0 Å². The van der Waals surface area contributed by atoms with Crippen molar-refractivity contribution in [3.05, 3.63) is 40.5 Å². The summed E-state index contributed by atoms with van der Waals surface area (Å²) in [5.41, 5.74) is 0.962. The number of hydrogen-bond acceptors (Lipinski definition) is 2. The fourth-order valence-electron chi connectivity index (χ4n) is 1.31. The van der Waals surface area contributed by atoms with Gasteiger partial charge >= 0.3 is 5.97 Å². The van der Waals surface area contributed by atoms with E-state index in [-0.39, 0.29) is 5.56 Å². The van der Waals surface area contributed by atoms with Crippen LogP contribution in [0.15, 0.2) is 34.9 Å². The zero-order valence-corrected chi connectivity index (χ0v) is 8.65. The second-order valence-electron chi connectivity index (χ2n) is 2.83. The molecule has 14 heavy (non-hydrogen) atoms. The Morgan fingerprint density at radius 3 is 2.93 bits per heavy atom. The van der Waals surface area contributed by atoms with Crippen molar-refractivity contribution in [3.63, 3.8) is 0 Å². The van der Waals surface area contributed by atoms with Crippen LogP contribution in [0.25, 0.3) is 10.9 Å². The summed E-state index contributed by atoms with van der Waals surface area (Å²) >= 11 is 3.26. The van der Waals surface area contributed by atoms with E-state index in [0.717, 1.165) is 4.47 Å². The Morgan fingerprint density at radius 2 is 2.21 bits per heavy atom. The molecule has 1 aromatic heterocycles. The van der Waals surface area contributed by atoms with Gasteiger partial charge in [0, 0.05) is 16.1 Å². The monoisotopic (exact) mass is 251 g/mol. The van der Waals surface area contributed by atoms with Crippen molar-refractivity contribution in [3.8, 4) is 0 Å². The zero-order valence-electron chi connectivity index (χ0n) is 7.07. The Balaban J connectivity index is 2.84. The Labute approximate surface area is 88.5 Å². The second-order valence-corrected chi connectivity index (χ2v) is 3.75. The van der Waals surface area contributed by atoms with Crippen LogP contribution in [0, 0.1) is 0 Å². The molecule has 3 nitrogen and oxygen atoms in total. The van der Waals surface area contributed by atoms with Gasteiger partial charge < -0.3 is 5.11 Å². The minimum atomic E-state index is -0.935. The van der Waals surface area contributed by atoms with Crippen LogP contribution in [0.4, 0.5) is 0 Å². The summed E-state index contributed by atoms with van der Waals surface area (Å²) in [7, 11) is 0. The highest BCUT2D eigenvalue weighted by Crippen LogP contribution is 2.20. The van der Waals surface area contributed by atoms with Gasteiger partial charge in [-0.1, -0.05) is 6.07 Å². The first-order valence-corrected chi connectivity index (χ1v) is 4.75. The molecule has 4 heteroatoms. The summed E-state index contributed by atoms with van der Waals surface area (Å²) in [5, 5.41) is 9.58. The third kappa shape index (κ3) is 1.48. The average molecular weight is 252 g/mol. The predicted molar refractivity (Wildman–Crippen MR) is 56.4 cm³/mol. The number of carboxylic acids is 1. The highest BCUT2D eigenvalue weighted by atomic mass is 79.9. The van der Waals surface area contributed by atoms with E-state index in [1.165, 1.54) is 0 Å². The Morgan fingerprint density at radius 1 is 1.43 bits per heavy atom. The van der Waals surface area contributed by atoms with Gasteiger partial charge in [0.25, 0.3) is 0 Å². The molecule has 1 heterocycles. The van der Waals surface area contributed by atoms with E-state index in [0.29, 0.717) is 10.9 Å². The van der Waals surface area contributed by atoms with Crippen molar-refractivity contribution < 1.29 is 9.90 Å². The van der Waals surface area contributed by atoms with Crippen LogP contribution in [0.1, 0.15) is 10.4 Å². The van der Waals surface area contributed by atoms with Crippen LogP contribution in [0.2, 0.25) is 0 Å². The number of rotatable bonds is 1. The van der Waals surface area contributed by atoms with Gasteiger partial charge in [-0.15, -0.1) is 0 Å². The van der Waals surface area contributed by atoms with Crippen molar-refractivity contribution in [1.29, 1.82) is 0 Å². The molecule has 1 aromatic carbocycles. The van der Waals surface area contributed by atoms with Crippen LogP contribution in [-0.4, -0.2) is 16.1 Å². The van der Waals surface area contributed by atoms with Gasteiger partial charge in [0.15, 0.2) is 0 Å². The van der Waals surface area contributed by atoms with E-state index in [4.69, 9.17) is 5.11 Å². The van der Waals surface area contributed by atoms with Crippen LogP contribution < -0.4 is 0 Å². The maximum absolute atomic E-state index is 10.9. The van der Waals surface area contributed by atoms with Crippen molar-refractivity contribution in [2.75, 3.05) is 0 Å². The average Bonchev–Trinajstić information content (AvgIpc) is 2.16. The predicted octanol–water partition coefficient (Wildman–Crippen LogP) is 2.70. The van der Waals surface area contributed by atoms with Crippen LogP contribution in [0.5, 0.6) is 0 Å². The van der Waals surface area contributed by atoms with Crippen molar-refractivity contribution in [2.45, 2.75) is 0 Å². The molecule has 0 saturated carbocycles. The topological polar surface area (TPSA) is 50.2 Å². The number of fused-ring (bicyclic) bond motifs is 1. The number of carbonyl (C=O) groups is 1. The smallest absolute Gasteiger partial charge is 0.336 e. The second kappa shape index (κ2) is 3.38. The lowest BCUT2D eigenvalue weighted by molar-refractivity contribution is 0.0699. The number of aromatic nitrogens is 1. The lowest BCUT2D eigenvalue weighted by Gasteiger charge is -2.01. The summed E-state index contributed by atoms with van der Waals surface area (Å²) in [6, 6.07) is 6.80. The maximum atomic E-state index is 10.9. The summed E-state index contributed by atoms with van der Waals surface area (Å²) in [5.74, 6) is -0.935. The van der Waals surface area contributed by atoms with E-state index in [9.17, 15) is 4.79 Å². The van der Waals surface area contributed by atoms with Gasteiger partial charge in [0.2, 0.25) is 0 Å². The highest BCUT2D eigenvalue weighted by molar-refractivity contribution is 9.10.